The number of amides is 1. The van der Waals surface area contributed by atoms with Gasteiger partial charge in [-0.05, 0) is 23.9 Å². The Morgan fingerprint density at radius 3 is 2.90 bits per heavy atom. The van der Waals surface area contributed by atoms with Crippen LogP contribution in [0.5, 0.6) is 0 Å². The van der Waals surface area contributed by atoms with E-state index >= 15 is 0 Å². The second kappa shape index (κ2) is 6.72. The van der Waals surface area contributed by atoms with Crippen molar-refractivity contribution in [2.24, 2.45) is 0 Å². The van der Waals surface area contributed by atoms with Gasteiger partial charge in [-0.3, -0.25) is 4.79 Å². The molecule has 0 radical (unpaired) electrons. The molecule has 0 aromatic carbocycles. The third-order valence-electron chi connectivity index (χ3n) is 2.94. The van der Waals surface area contributed by atoms with Crippen molar-refractivity contribution in [1.82, 2.24) is 10.3 Å². The smallest absolute Gasteiger partial charge is 0.253 e. The molecule has 0 aliphatic carbocycles. The van der Waals surface area contributed by atoms with Crippen LogP contribution in [-0.4, -0.2) is 17.9 Å². The van der Waals surface area contributed by atoms with E-state index in [1.807, 2.05) is 24.4 Å². The Kier molecular flexibility index (Phi) is 4.98. The Bertz CT molecular complexity index is 586. The van der Waals surface area contributed by atoms with Crippen molar-refractivity contribution in [3.05, 3.63) is 45.2 Å². The molecular formula is C14H16ClN3OS. The average Bonchev–Trinajstić information content (AvgIpc) is 2.98. The number of rotatable bonds is 5. The highest BCUT2D eigenvalue weighted by molar-refractivity contribution is 7.10. The number of nitrogens with zero attached hydrogens (tertiary/aromatic N) is 1. The number of carbonyl (C=O) groups excluding carboxylic acids is 1. The molecule has 106 valence electrons. The number of anilines is 1. The van der Waals surface area contributed by atoms with Crippen LogP contribution in [0.25, 0.3) is 0 Å². The molecule has 0 saturated heterocycles. The lowest BCUT2D eigenvalue weighted by atomic mass is 10.1. The molecule has 0 fully saturated rings. The van der Waals surface area contributed by atoms with Gasteiger partial charge >= 0.3 is 0 Å². The lowest BCUT2D eigenvalue weighted by molar-refractivity contribution is 0.0936. The molecule has 6 heteroatoms. The number of thiophene rings is 1. The standard InChI is InChI=1S/C14H16ClN3OS/c1-3-11(12-5-4-6-20-12)18-14(19)9-7-10(15)13(16-2)17-8-9/h4-8,11H,3H2,1-2H3,(H,16,17)(H,18,19). The summed E-state index contributed by atoms with van der Waals surface area (Å²) in [5.41, 5.74) is 0.462. The van der Waals surface area contributed by atoms with E-state index in [0.717, 1.165) is 11.3 Å². The molecule has 0 aliphatic rings. The molecule has 1 atom stereocenters. The van der Waals surface area contributed by atoms with Crippen molar-refractivity contribution < 1.29 is 4.79 Å². The summed E-state index contributed by atoms with van der Waals surface area (Å²) in [4.78, 5) is 17.5. The number of hydrogen-bond donors (Lipinski definition) is 2. The van der Waals surface area contributed by atoms with Crippen molar-refractivity contribution in [3.63, 3.8) is 0 Å². The Labute approximate surface area is 127 Å². The zero-order chi connectivity index (χ0) is 14.5. The first-order valence-electron chi connectivity index (χ1n) is 6.33. The van der Waals surface area contributed by atoms with E-state index in [4.69, 9.17) is 11.6 Å². The predicted molar refractivity (Wildman–Crippen MR) is 83.6 cm³/mol. The van der Waals surface area contributed by atoms with Gasteiger partial charge in [-0.2, -0.15) is 0 Å². The third-order valence-corrected chi connectivity index (χ3v) is 4.21. The number of aromatic nitrogens is 1. The van der Waals surface area contributed by atoms with Gasteiger partial charge in [0.15, 0.2) is 0 Å². The lowest BCUT2D eigenvalue weighted by Gasteiger charge is -2.15. The molecule has 1 unspecified atom stereocenters. The fourth-order valence-corrected chi connectivity index (χ4v) is 2.97. The first-order valence-corrected chi connectivity index (χ1v) is 7.59. The molecule has 2 aromatic rings. The topological polar surface area (TPSA) is 54.0 Å². The Balaban J connectivity index is 2.13. The largest absolute Gasteiger partial charge is 0.372 e. The van der Waals surface area contributed by atoms with E-state index in [-0.39, 0.29) is 11.9 Å². The molecule has 20 heavy (non-hydrogen) atoms. The van der Waals surface area contributed by atoms with Gasteiger partial charge in [0.1, 0.15) is 5.82 Å². The molecule has 2 N–H and O–H groups in total. The molecular weight excluding hydrogens is 294 g/mol. The maximum absolute atomic E-state index is 12.2. The minimum atomic E-state index is -0.165. The second-order valence-electron chi connectivity index (χ2n) is 4.25. The molecule has 1 amide bonds. The highest BCUT2D eigenvalue weighted by atomic mass is 35.5. The highest BCUT2D eigenvalue weighted by Gasteiger charge is 2.16. The second-order valence-corrected chi connectivity index (χ2v) is 5.64. The van der Waals surface area contributed by atoms with Gasteiger partial charge in [0.2, 0.25) is 0 Å². The normalized spacial score (nSPS) is 11.9. The van der Waals surface area contributed by atoms with Gasteiger partial charge in [0, 0.05) is 18.1 Å². The quantitative estimate of drug-likeness (QED) is 0.885. The van der Waals surface area contributed by atoms with E-state index in [9.17, 15) is 4.79 Å². The summed E-state index contributed by atoms with van der Waals surface area (Å²) in [6, 6.07) is 5.64. The van der Waals surface area contributed by atoms with Crippen LogP contribution in [0.4, 0.5) is 5.82 Å². The summed E-state index contributed by atoms with van der Waals surface area (Å²) in [6.45, 7) is 2.04. The van der Waals surface area contributed by atoms with Crippen LogP contribution in [0.2, 0.25) is 5.02 Å². The molecule has 2 heterocycles. The van der Waals surface area contributed by atoms with E-state index in [0.29, 0.717) is 16.4 Å². The molecule has 0 spiro atoms. The zero-order valence-corrected chi connectivity index (χ0v) is 12.9. The van der Waals surface area contributed by atoms with E-state index in [2.05, 4.69) is 15.6 Å². The summed E-state index contributed by atoms with van der Waals surface area (Å²) in [6.07, 6.45) is 2.36. The number of carbonyl (C=O) groups is 1. The van der Waals surface area contributed by atoms with Crippen molar-refractivity contribution in [1.29, 1.82) is 0 Å². The number of halogens is 1. The first kappa shape index (κ1) is 14.8. The average molecular weight is 310 g/mol. The van der Waals surface area contributed by atoms with Crippen LogP contribution in [0.1, 0.15) is 34.6 Å². The number of nitrogens with one attached hydrogen (secondary N) is 2. The molecule has 0 aliphatic heterocycles. The van der Waals surface area contributed by atoms with Crippen molar-refractivity contribution in [2.45, 2.75) is 19.4 Å². The van der Waals surface area contributed by atoms with Gasteiger partial charge in [-0.1, -0.05) is 24.6 Å². The summed E-state index contributed by atoms with van der Waals surface area (Å²) in [5, 5.41) is 8.30. The van der Waals surface area contributed by atoms with E-state index < -0.39 is 0 Å². The molecule has 0 saturated carbocycles. The minimum absolute atomic E-state index is 0.0188. The van der Waals surface area contributed by atoms with Gasteiger partial charge in [0.25, 0.3) is 5.91 Å². The van der Waals surface area contributed by atoms with Crippen LogP contribution in [0.3, 0.4) is 0 Å². The molecule has 2 rings (SSSR count). The number of pyridine rings is 1. The zero-order valence-electron chi connectivity index (χ0n) is 11.3. The Hall–Kier alpha value is -1.59. The lowest BCUT2D eigenvalue weighted by Crippen LogP contribution is -2.27. The SMILES string of the molecule is CCC(NC(=O)c1cnc(NC)c(Cl)c1)c1cccs1. The monoisotopic (exact) mass is 309 g/mol. The summed E-state index contributed by atoms with van der Waals surface area (Å²) < 4.78 is 0. The maximum Gasteiger partial charge on any atom is 0.253 e. The minimum Gasteiger partial charge on any atom is -0.372 e. The van der Waals surface area contributed by atoms with Crippen molar-refractivity contribution in [3.8, 4) is 0 Å². The van der Waals surface area contributed by atoms with Crippen LogP contribution >= 0.6 is 22.9 Å². The number of hydrogen-bond acceptors (Lipinski definition) is 4. The fourth-order valence-electron chi connectivity index (χ4n) is 1.85. The summed E-state index contributed by atoms with van der Waals surface area (Å²) in [7, 11) is 1.73. The van der Waals surface area contributed by atoms with Crippen LogP contribution < -0.4 is 10.6 Å². The van der Waals surface area contributed by atoms with Gasteiger partial charge in [-0.15, -0.1) is 11.3 Å². The van der Waals surface area contributed by atoms with Crippen LogP contribution in [-0.2, 0) is 0 Å². The van der Waals surface area contributed by atoms with Crippen LogP contribution in [0, 0.1) is 0 Å². The predicted octanol–water partition coefficient (Wildman–Crippen LogP) is 3.72. The third kappa shape index (κ3) is 3.29. The molecule has 4 nitrogen and oxygen atoms in total. The first-order chi connectivity index (χ1) is 9.65. The Morgan fingerprint density at radius 1 is 1.55 bits per heavy atom. The summed E-state index contributed by atoms with van der Waals surface area (Å²) in [5.74, 6) is 0.399. The van der Waals surface area contributed by atoms with E-state index in [1.54, 1.807) is 24.5 Å². The van der Waals surface area contributed by atoms with Crippen molar-refractivity contribution in [2.75, 3.05) is 12.4 Å². The van der Waals surface area contributed by atoms with Gasteiger partial charge in [0.05, 0.1) is 16.6 Å². The molecule has 0 bridgehead atoms. The Morgan fingerprint density at radius 2 is 2.35 bits per heavy atom. The van der Waals surface area contributed by atoms with Gasteiger partial charge in [-0.25, -0.2) is 4.98 Å². The van der Waals surface area contributed by atoms with E-state index in [1.165, 1.54) is 6.20 Å². The van der Waals surface area contributed by atoms with Crippen LogP contribution in [0.15, 0.2) is 29.8 Å². The van der Waals surface area contributed by atoms with Crippen molar-refractivity contribution >= 4 is 34.7 Å². The highest BCUT2D eigenvalue weighted by Crippen LogP contribution is 2.23. The van der Waals surface area contributed by atoms with Gasteiger partial charge < -0.3 is 10.6 Å². The molecule has 2 aromatic heterocycles. The fraction of sp³-hybridized carbons (Fsp3) is 0.286. The summed E-state index contributed by atoms with van der Waals surface area (Å²) >= 11 is 7.68. The maximum atomic E-state index is 12.2.